The van der Waals surface area contributed by atoms with E-state index < -0.39 is 5.97 Å². The first-order valence-corrected chi connectivity index (χ1v) is 13.5. The van der Waals surface area contributed by atoms with E-state index in [0.717, 1.165) is 31.1 Å². The van der Waals surface area contributed by atoms with Crippen molar-refractivity contribution >= 4 is 17.7 Å². The summed E-state index contributed by atoms with van der Waals surface area (Å²) in [4.78, 5) is 14.3. The van der Waals surface area contributed by atoms with Gasteiger partial charge < -0.3 is 10.0 Å². The Bertz CT molecular complexity index is 1120. The Morgan fingerprint density at radius 3 is 2.35 bits per heavy atom. The lowest BCUT2D eigenvalue weighted by molar-refractivity contribution is 0.0696. The molecule has 34 heavy (non-hydrogen) atoms. The molecule has 1 N–H and O–H groups in total. The molecule has 176 valence electrons. The van der Waals surface area contributed by atoms with Gasteiger partial charge in [0.2, 0.25) is 0 Å². The smallest absolute Gasteiger partial charge is 0.335 e. The fourth-order valence-electron chi connectivity index (χ4n) is 5.50. The second kappa shape index (κ2) is 10.8. The zero-order valence-corrected chi connectivity index (χ0v) is 20.5. The number of aryl methyl sites for hydroxylation is 2. The van der Waals surface area contributed by atoms with Crippen LogP contribution in [0.1, 0.15) is 56.3 Å². The number of likely N-dealkylation sites (tertiary alicyclic amines) is 1. The first-order chi connectivity index (χ1) is 16.7. The molecule has 0 bridgehead atoms. The predicted molar refractivity (Wildman–Crippen MR) is 141 cm³/mol. The van der Waals surface area contributed by atoms with E-state index in [-0.39, 0.29) is 5.25 Å². The average molecular weight is 472 g/mol. The molecule has 1 heterocycles. The van der Waals surface area contributed by atoms with Crippen LogP contribution in [0, 0.1) is 5.92 Å². The molecular weight excluding hydrogens is 438 g/mol. The maximum Gasteiger partial charge on any atom is 0.335 e. The summed E-state index contributed by atoms with van der Waals surface area (Å²) >= 11 is 1.98. The predicted octanol–water partition coefficient (Wildman–Crippen LogP) is 6.26. The molecule has 1 aliphatic heterocycles. The minimum atomic E-state index is -0.845. The third kappa shape index (κ3) is 5.39. The van der Waals surface area contributed by atoms with Gasteiger partial charge in [-0.15, -0.1) is 11.8 Å². The van der Waals surface area contributed by atoms with E-state index in [1.807, 2.05) is 23.9 Å². The Morgan fingerprint density at radius 2 is 1.59 bits per heavy atom. The Hall–Kier alpha value is -2.56. The van der Waals surface area contributed by atoms with Crippen LogP contribution < -0.4 is 0 Å². The van der Waals surface area contributed by atoms with Crippen molar-refractivity contribution in [3.05, 3.63) is 106 Å². The van der Waals surface area contributed by atoms with Gasteiger partial charge in [-0.05, 0) is 91.1 Å². The van der Waals surface area contributed by atoms with E-state index in [1.54, 1.807) is 6.07 Å². The van der Waals surface area contributed by atoms with Crippen molar-refractivity contribution in [3.8, 4) is 0 Å². The van der Waals surface area contributed by atoms with Gasteiger partial charge in [-0.3, -0.25) is 0 Å². The van der Waals surface area contributed by atoms with Crippen LogP contribution in [0.5, 0.6) is 0 Å². The zero-order chi connectivity index (χ0) is 23.3. The summed E-state index contributed by atoms with van der Waals surface area (Å²) in [6, 6.07) is 25.3. The van der Waals surface area contributed by atoms with Crippen LogP contribution in [0.15, 0.2) is 72.8 Å². The van der Waals surface area contributed by atoms with Crippen molar-refractivity contribution in [3.63, 3.8) is 0 Å². The molecule has 1 aliphatic carbocycles. The molecule has 0 aromatic heterocycles. The molecule has 1 saturated heterocycles. The van der Waals surface area contributed by atoms with Crippen LogP contribution in [0.25, 0.3) is 0 Å². The van der Waals surface area contributed by atoms with Crippen molar-refractivity contribution < 1.29 is 9.90 Å². The molecule has 0 spiro atoms. The molecular formula is C30H33NO2S. The molecule has 3 aromatic rings. The van der Waals surface area contributed by atoms with Gasteiger partial charge in [-0.2, -0.15) is 0 Å². The molecule has 4 heteroatoms. The van der Waals surface area contributed by atoms with Crippen molar-refractivity contribution in [1.29, 1.82) is 0 Å². The van der Waals surface area contributed by atoms with Crippen LogP contribution in [0.4, 0.5) is 0 Å². The van der Waals surface area contributed by atoms with Gasteiger partial charge in [-0.1, -0.05) is 60.7 Å². The van der Waals surface area contributed by atoms with Crippen LogP contribution in [-0.2, 0) is 19.3 Å². The Balaban J connectivity index is 1.23. The van der Waals surface area contributed by atoms with Gasteiger partial charge in [0.15, 0.2) is 0 Å². The van der Waals surface area contributed by atoms with Crippen LogP contribution in [-0.4, -0.2) is 41.4 Å². The average Bonchev–Trinajstić information content (AvgIpc) is 3.02. The largest absolute Gasteiger partial charge is 0.478 e. The Labute approximate surface area is 207 Å². The number of carboxylic acid groups (broad SMARTS) is 1. The molecule has 0 radical (unpaired) electrons. The molecule has 1 atom stereocenters. The normalized spacial score (nSPS) is 18.6. The first-order valence-electron chi connectivity index (χ1n) is 12.5. The molecule has 1 unspecified atom stereocenters. The summed E-state index contributed by atoms with van der Waals surface area (Å²) in [5, 5.41) is 9.78. The first kappa shape index (κ1) is 23.2. The lowest BCUT2D eigenvalue weighted by atomic mass is 9.90. The van der Waals surface area contributed by atoms with E-state index in [9.17, 15) is 9.90 Å². The Morgan fingerprint density at radius 1 is 0.882 bits per heavy atom. The molecule has 2 aliphatic rings. The highest BCUT2D eigenvalue weighted by Gasteiger charge is 2.26. The fraction of sp³-hybridized carbons (Fsp3) is 0.367. The summed E-state index contributed by atoms with van der Waals surface area (Å²) in [6.07, 6.45) is 5.73. The third-order valence-corrected chi connectivity index (χ3v) is 8.70. The number of rotatable bonds is 7. The fourth-order valence-corrected chi connectivity index (χ4v) is 6.90. The quantitative estimate of drug-likeness (QED) is 0.441. The van der Waals surface area contributed by atoms with Crippen LogP contribution in [0.2, 0.25) is 0 Å². The van der Waals surface area contributed by atoms with Gasteiger partial charge in [-0.25, -0.2) is 4.79 Å². The maximum atomic E-state index is 11.7. The highest BCUT2D eigenvalue weighted by molar-refractivity contribution is 7.99. The highest BCUT2D eigenvalue weighted by atomic mass is 32.2. The monoisotopic (exact) mass is 471 g/mol. The number of hydrogen-bond donors (Lipinski definition) is 1. The summed E-state index contributed by atoms with van der Waals surface area (Å²) in [6.45, 7) is 3.45. The molecule has 0 saturated carbocycles. The van der Waals surface area contributed by atoms with Gasteiger partial charge in [0.1, 0.15) is 0 Å². The second-order valence-electron chi connectivity index (χ2n) is 9.64. The summed E-state index contributed by atoms with van der Waals surface area (Å²) in [5.41, 5.74) is 7.09. The number of hydrogen-bond acceptors (Lipinski definition) is 3. The lowest BCUT2D eigenvalue weighted by Gasteiger charge is -2.32. The van der Waals surface area contributed by atoms with E-state index in [4.69, 9.17) is 0 Å². The number of benzene rings is 3. The molecule has 1 fully saturated rings. The molecule has 3 aromatic carbocycles. The summed E-state index contributed by atoms with van der Waals surface area (Å²) in [7, 11) is 0. The van der Waals surface area contributed by atoms with Crippen molar-refractivity contribution in [2.75, 3.05) is 25.4 Å². The van der Waals surface area contributed by atoms with E-state index in [1.165, 1.54) is 60.2 Å². The lowest BCUT2D eigenvalue weighted by Crippen LogP contribution is -2.35. The number of piperidine rings is 1. The Kier molecular flexibility index (Phi) is 7.36. The topological polar surface area (TPSA) is 40.5 Å². The SMILES string of the molecule is O=C(O)c1ccc2c(c1)C(SCCN1CCC(Cc3ccccc3)CC1)c1ccccc1CC2. The van der Waals surface area contributed by atoms with E-state index >= 15 is 0 Å². The summed E-state index contributed by atoms with van der Waals surface area (Å²) < 4.78 is 0. The number of carboxylic acids is 1. The maximum absolute atomic E-state index is 11.7. The molecule has 0 amide bonds. The van der Waals surface area contributed by atoms with E-state index in [2.05, 4.69) is 59.5 Å². The van der Waals surface area contributed by atoms with Crippen LogP contribution >= 0.6 is 11.8 Å². The number of carbonyl (C=O) groups is 1. The minimum Gasteiger partial charge on any atom is -0.478 e. The summed E-state index contributed by atoms with van der Waals surface area (Å²) in [5.74, 6) is 1.00. The molecule has 5 rings (SSSR count). The van der Waals surface area contributed by atoms with Crippen molar-refractivity contribution in [2.45, 2.75) is 37.4 Å². The van der Waals surface area contributed by atoms with Gasteiger partial charge in [0, 0.05) is 12.3 Å². The van der Waals surface area contributed by atoms with Gasteiger partial charge in [0.25, 0.3) is 0 Å². The van der Waals surface area contributed by atoms with Crippen molar-refractivity contribution in [1.82, 2.24) is 4.90 Å². The minimum absolute atomic E-state index is 0.198. The number of nitrogens with zero attached hydrogens (tertiary/aromatic N) is 1. The van der Waals surface area contributed by atoms with E-state index in [0.29, 0.717) is 5.56 Å². The van der Waals surface area contributed by atoms with Crippen molar-refractivity contribution in [2.24, 2.45) is 5.92 Å². The number of thioether (sulfide) groups is 1. The highest BCUT2D eigenvalue weighted by Crippen LogP contribution is 2.42. The van der Waals surface area contributed by atoms with Gasteiger partial charge >= 0.3 is 5.97 Å². The zero-order valence-electron chi connectivity index (χ0n) is 19.7. The number of aromatic carboxylic acids is 1. The number of fused-ring (bicyclic) bond motifs is 2. The molecule has 3 nitrogen and oxygen atoms in total. The second-order valence-corrected chi connectivity index (χ2v) is 10.9. The van der Waals surface area contributed by atoms with Gasteiger partial charge in [0.05, 0.1) is 10.8 Å². The standard InChI is InChI=1S/C30H33NO2S/c32-30(33)26-13-12-25-11-10-24-8-4-5-9-27(24)29(28(25)21-26)34-19-18-31-16-14-23(15-17-31)20-22-6-2-1-3-7-22/h1-9,12-13,21,23,29H,10-11,14-20H2,(H,32,33). The third-order valence-electron chi connectivity index (χ3n) is 7.44. The van der Waals surface area contributed by atoms with Crippen LogP contribution in [0.3, 0.4) is 0 Å².